The van der Waals surface area contributed by atoms with Crippen LogP contribution in [0, 0.1) is 0 Å². The number of hydrogen-bond donors (Lipinski definition) is 2. The standard InChI is InChI=1S/C14H18N2O4/c17-14(16-8-10-7-15-5-6-18-10)13-9-19-11-3-1-2-4-12(11)20-13/h1-4,10,13,15H,5-9H2,(H,16,17). The van der Waals surface area contributed by atoms with Gasteiger partial charge in [-0.2, -0.15) is 0 Å². The first kappa shape index (κ1) is 13.2. The van der Waals surface area contributed by atoms with Crippen LogP contribution in [-0.2, 0) is 9.53 Å². The number of benzene rings is 1. The molecule has 2 aliphatic rings. The van der Waals surface area contributed by atoms with Crippen molar-refractivity contribution in [2.75, 3.05) is 32.8 Å². The largest absolute Gasteiger partial charge is 0.485 e. The van der Waals surface area contributed by atoms with Crippen molar-refractivity contribution in [3.8, 4) is 11.5 Å². The van der Waals surface area contributed by atoms with Crippen LogP contribution in [0.3, 0.4) is 0 Å². The average molecular weight is 278 g/mol. The van der Waals surface area contributed by atoms with Crippen LogP contribution >= 0.6 is 0 Å². The molecule has 1 fully saturated rings. The van der Waals surface area contributed by atoms with E-state index in [1.165, 1.54) is 0 Å². The zero-order valence-corrected chi connectivity index (χ0v) is 11.1. The summed E-state index contributed by atoms with van der Waals surface area (Å²) in [6.45, 7) is 3.00. The van der Waals surface area contributed by atoms with E-state index in [0.29, 0.717) is 24.7 Å². The van der Waals surface area contributed by atoms with Crippen LogP contribution in [0.5, 0.6) is 11.5 Å². The van der Waals surface area contributed by atoms with Crippen molar-refractivity contribution in [1.29, 1.82) is 0 Å². The Morgan fingerprint density at radius 2 is 2.20 bits per heavy atom. The molecule has 0 spiro atoms. The number of para-hydroxylation sites is 2. The maximum Gasteiger partial charge on any atom is 0.264 e. The van der Waals surface area contributed by atoms with E-state index in [0.717, 1.165) is 13.1 Å². The third-order valence-electron chi connectivity index (χ3n) is 3.31. The third-order valence-corrected chi connectivity index (χ3v) is 3.31. The Hall–Kier alpha value is -1.79. The van der Waals surface area contributed by atoms with Gasteiger partial charge in [0.25, 0.3) is 5.91 Å². The third kappa shape index (κ3) is 3.02. The van der Waals surface area contributed by atoms with Crippen molar-refractivity contribution < 1.29 is 19.0 Å². The number of nitrogens with one attached hydrogen (secondary N) is 2. The number of amides is 1. The quantitative estimate of drug-likeness (QED) is 0.810. The predicted octanol–water partition coefficient (Wildman–Crippen LogP) is -0.0690. The van der Waals surface area contributed by atoms with E-state index in [4.69, 9.17) is 14.2 Å². The van der Waals surface area contributed by atoms with Crippen LogP contribution in [0.25, 0.3) is 0 Å². The fraction of sp³-hybridized carbons (Fsp3) is 0.500. The Labute approximate surface area is 117 Å². The molecule has 2 unspecified atom stereocenters. The van der Waals surface area contributed by atoms with E-state index in [-0.39, 0.29) is 18.6 Å². The minimum Gasteiger partial charge on any atom is -0.485 e. The van der Waals surface area contributed by atoms with Crippen LogP contribution in [0.15, 0.2) is 24.3 Å². The van der Waals surface area contributed by atoms with Gasteiger partial charge >= 0.3 is 0 Å². The van der Waals surface area contributed by atoms with Gasteiger partial charge in [0.15, 0.2) is 11.5 Å². The minimum absolute atomic E-state index is 0.0181. The van der Waals surface area contributed by atoms with Crippen LogP contribution < -0.4 is 20.1 Å². The Bertz CT molecular complexity index is 474. The van der Waals surface area contributed by atoms with E-state index >= 15 is 0 Å². The smallest absolute Gasteiger partial charge is 0.264 e. The van der Waals surface area contributed by atoms with E-state index in [9.17, 15) is 4.79 Å². The van der Waals surface area contributed by atoms with E-state index in [1.807, 2.05) is 18.2 Å². The second-order valence-electron chi connectivity index (χ2n) is 4.81. The number of morpholine rings is 1. The molecule has 6 nitrogen and oxygen atoms in total. The molecule has 0 bridgehead atoms. The van der Waals surface area contributed by atoms with Gasteiger partial charge in [-0.3, -0.25) is 4.79 Å². The molecule has 0 aliphatic carbocycles. The Morgan fingerprint density at radius 1 is 1.35 bits per heavy atom. The highest BCUT2D eigenvalue weighted by Gasteiger charge is 2.27. The molecule has 0 aromatic heterocycles. The first-order valence-corrected chi connectivity index (χ1v) is 6.81. The Morgan fingerprint density at radius 3 is 3.00 bits per heavy atom. The fourth-order valence-corrected chi connectivity index (χ4v) is 2.23. The summed E-state index contributed by atoms with van der Waals surface area (Å²) in [7, 11) is 0. The van der Waals surface area contributed by atoms with E-state index < -0.39 is 6.10 Å². The first-order chi connectivity index (χ1) is 9.83. The molecule has 2 heterocycles. The summed E-state index contributed by atoms with van der Waals surface area (Å²) in [6, 6.07) is 7.34. The lowest BCUT2D eigenvalue weighted by atomic mass is 10.2. The molecule has 108 valence electrons. The van der Waals surface area contributed by atoms with Gasteiger partial charge in [0.1, 0.15) is 6.61 Å². The van der Waals surface area contributed by atoms with Crippen molar-refractivity contribution in [2.45, 2.75) is 12.2 Å². The van der Waals surface area contributed by atoms with Crippen LogP contribution in [-0.4, -0.2) is 51.0 Å². The van der Waals surface area contributed by atoms with E-state index in [1.54, 1.807) is 6.07 Å². The van der Waals surface area contributed by atoms with Gasteiger partial charge in [-0.15, -0.1) is 0 Å². The van der Waals surface area contributed by atoms with Gasteiger partial charge in [-0.1, -0.05) is 12.1 Å². The highest BCUT2D eigenvalue weighted by molar-refractivity contribution is 5.81. The molecule has 2 aliphatic heterocycles. The van der Waals surface area contributed by atoms with Gasteiger partial charge in [0, 0.05) is 19.6 Å². The summed E-state index contributed by atoms with van der Waals surface area (Å²) in [4.78, 5) is 12.1. The first-order valence-electron chi connectivity index (χ1n) is 6.81. The van der Waals surface area contributed by atoms with Crippen molar-refractivity contribution in [3.63, 3.8) is 0 Å². The molecular weight excluding hydrogens is 260 g/mol. The summed E-state index contributed by atoms with van der Waals surface area (Å²) in [5.74, 6) is 1.11. The second kappa shape index (κ2) is 6.11. The lowest BCUT2D eigenvalue weighted by Gasteiger charge is -2.27. The highest BCUT2D eigenvalue weighted by atomic mass is 16.6. The zero-order valence-electron chi connectivity index (χ0n) is 11.1. The molecule has 2 N–H and O–H groups in total. The number of fused-ring (bicyclic) bond motifs is 1. The molecule has 0 radical (unpaired) electrons. The van der Waals surface area contributed by atoms with Gasteiger partial charge in [-0.05, 0) is 12.1 Å². The fourth-order valence-electron chi connectivity index (χ4n) is 2.23. The average Bonchev–Trinajstić information content (AvgIpc) is 2.53. The number of ether oxygens (including phenoxy) is 3. The topological polar surface area (TPSA) is 68.8 Å². The molecule has 2 atom stereocenters. The molecule has 0 saturated carbocycles. The minimum atomic E-state index is -0.610. The van der Waals surface area contributed by atoms with Crippen molar-refractivity contribution >= 4 is 5.91 Å². The summed E-state index contributed by atoms with van der Waals surface area (Å²) < 4.78 is 16.7. The maximum absolute atomic E-state index is 12.1. The summed E-state index contributed by atoms with van der Waals surface area (Å²) in [5.41, 5.74) is 0. The van der Waals surface area contributed by atoms with Gasteiger partial charge in [0.05, 0.1) is 12.7 Å². The maximum atomic E-state index is 12.1. The zero-order chi connectivity index (χ0) is 13.8. The number of rotatable bonds is 3. The highest BCUT2D eigenvalue weighted by Crippen LogP contribution is 2.30. The molecule has 1 aromatic carbocycles. The Balaban J connectivity index is 1.51. The van der Waals surface area contributed by atoms with Crippen molar-refractivity contribution in [3.05, 3.63) is 24.3 Å². The molecule has 1 saturated heterocycles. The SMILES string of the molecule is O=C(NCC1CNCCO1)C1COc2ccccc2O1. The summed E-state index contributed by atoms with van der Waals surface area (Å²) in [5, 5.41) is 6.06. The lowest BCUT2D eigenvalue weighted by Crippen LogP contribution is -2.49. The van der Waals surface area contributed by atoms with E-state index in [2.05, 4.69) is 10.6 Å². The predicted molar refractivity (Wildman–Crippen MR) is 72.0 cm³/mol. The van der Waals surface area contributed by atoms with Gasteiger partial charge < -0.3 is 24.8 Å². The normalized spacial score (nSPS) is 25.0. The molecule has 3 rings (SSSR count). The molecule has 1 amide bonds. The van der Waals surface area contributed by atoms with Gasteiger partial charge in [-0.25, -0.2) is 0 Å². The monoisotopic (exact) mass is 278 g/mol. The lowest BCUT2D eigenvalue weighted by molar-refractivity contribution is -0.131. The number of carbonyl (C=O) groups excluding carboxylic acids is 1. The van der Waals surface area contributed by atoms with Gasteiger partial charge in [0.2, 0.25) is 6.10 Å². The molecule has 1 aromatic rings. The van der Waals surface area contributed by atoms with Crippen LogP contribution in [0.1, 0.15) is 0 Å². The molecular formula is C14H18N2O4. The summed E-state index contributed by atoms with van der Waals surface area (Å²) in [6.07, 6.45) is -0.592. The van der Waals surface area contributed by atoms with Crippen molar-refractivity contribution in [2.24, 2.45) is 0 Å². The van der Waals surface area contributed by atoms with Crippen molar-refractivity contribution in [1.82, 2.24) is 10.6 Å². The molecule has 6 heteroatoms. The number of hydrogen-bond acceptors (Lipinski definition) is 5. The van der Waals surface area contributed by atoms with Crippen LogP contribution in [0.4, 0.5) is 0 Å². The summed E-state index contributed by atoms with van der Waals surface area (Å²) >= 11 is 0. The molecule has 20 heavy (non-hydrogen) atoms. The second-order valence-corrected chi connectivity index (χ2v) is 4.81. The number of carbonyl (C=O) groups is 1. The van der Waals surface area contributed by atoms with Crippen LogP contribution in [0.2, 0.25) is 0 Å². The Kier molecular flexibility index (Phi) is 4.03.